The fraction of sp³-hybridized carbons (Fsp3) is 0.0769. The van der Waals surface area contributed by atoms with E-state index in [-0.39, 0.29) is 4.47 Å². The molecular formula is C13H7BrF5NO3S. The summed E-state index contributed by atoms with van der Waals surface area (Å²) in [5.74, 6) is -3.67. The Morgan fingerprint density at radius 2 is 1.62 bits per heavy atom. The second kappa shape index (κ2) is 6.55. The second-order valence-electron chi connectivity index (χ2n) is 4.34. The molecule has 11 heteroatoms. The molecule has 4 nitrogen and oxygen atoms in total. The van der Waals surface area contributed by atoms with Gasteiger partial charge in [-0.25, -0.2) is 17.2 Å². The molecular weight excluding hydrogens is 425 g/mol. The van der Waals surface area contributed by atoms with Gasteiger partial charge < -0.3 is 4.74 Å². The van der Waals surface area contributed by atoms with Crippen LogP contribution in [-0.4, -0.2) is 14.8 Å². The monoisotopic (exact) mass is 431 g/mol. The first-order chi connectivity index (χ1) is 11.0. The van der Waals surface area contributed by atoms with Gasteiger partial charge in [0, 0.05) is 4.47 Å². The first kappa shape index (κ1) is 18.5. The van der Waals surface area contributed by atoms with Crippen molar-refractivity contribution in [2.24, 2.45) is 0 Å². The standard InChI is InChI=1S/C13H7BrF5NO3S/c14-7-4-5-10(11(6-7)23-13(17,18)19)20-24(21,22)12-8(15)2-1-3-9(12)16/h1-6,20H. The fourth-order valence-electron chi connectivity index (χ4n) is 1.72. The maximum Gasteiger partial charge on any atom is 0.573 e. The van der Waals surface area contributed by atoms with Crippen molar-refractivity contribution in [1.29, 1.82) is 0 Å². The molecule has 2 aromatic rings. The highest BCUT2D eigenvalue weighted by Crippen LogP contribution is 2.34. The van der Waals surface area contributed by atoms with Crippen LogP contribution in [0.1, 0.15) is 0 Å². The van der Waals surface area contributed by atoms with E-state index in [0.717, 1.165) is 18.2 Å². The average molecular weight is 432 g/mol. The van der Waals surface area contributed by atoms with Crippen molar-refractivity contribution in [2.45, 2.75) is 11.3 Å². The molecule has 0 saturated heterocycles. The van der Waals surface area contributed by atoms with E-state index in [9.17, 15) is 30.4 Å². The number of halogens is 6. The van der Waals surface area contributed by atoms with Crippen molar-refractivity contribution < 1.29 is 35.1 Å². The Kier molecular flexibility index (Phi) is 5.04. The molecule has 0 unspecified atom stereocenters. The summed E-state index contributed by atoms with van der Waals surface area (Å²) in [5, 5.41) is 0. The van der Waals surface area contributed by atoms with Crippen molar-refractivity contribution in [1.82, 2.24) is 0 Å². The van der Waals surface area contributed by atoms with Crippen molar-refractivity contribution in [2.75, 3.05) is 4.72 Å². The largest absolute Gasteiger partial charge is 0.573 e. The number of sulfonamides is 1. The van der Waals surface area contributed by atoms with Crippen LogP contribution in [0.5, 0.6) is 5.75 Å². The van der Waals surface area contributed by atoms with Gasteiger partial charge in [-0.2, -0.15) is 0 Å². The summed E-state index contributed by atoms with van der Waals surface area (Å²) in [6.45, 7) is 0. The Morgan fingerprint density at radius 3 is 2.17 bits per heavy atom. The number of benzene rings is 2. The van der Waals surface area contributed by atoms with E-state index in [1.54, 1.807) is 4.72 Å². The molecule has 0 aliphatic heterocycles. The number of anilines is 1. The fourth-order valence-corrected chi connectivity index (χ4v) is 3.27. The lowest BCUT2D eigenvalue weighted by atomic mass is 10.3. The Balaban J connectivity index is 2.47. The molecule has 24 heavy (non-hydrogen) atoms. The van der Waals surface area contributed by atoms with Crippen LogP contribution < -0.4 is 9.46 Å². The lowest BCUT2D eigenvalue weighted by Crippen LogP contribution is -2.20. The van der Waals surface area contributed by atoms with Crippen LogP contribution in [-0.2, 0) is 10.0 Å². The van der Waals surface area contributed by atoms with E-state index in [4.69, 9.17) is 0 Å². The van der Waals surface area contributed by atoms with Gasteiger partial charge in [0.2, 0.25) is 0 Å². The molecule has 0 fully saturated rings. The van der Waals surface area contributed by atoms with E-state index in [1.807, 2.05) is 0 Å². The molecule has 0 radical (unpaired) electrons. The number of nitrogens with one attached hydrogen (secondary N) is 1. The molecule has 130 valence electrons. The average Bonchev–Trinajstić information content (AvgIpc) is 2.39. The molecule has 0 heterocycles. The van der Waals surface area contributed by atoms with Crippen LogP contribution in [0.2, 0.25) is 0 Å². The molecule has 0 aliphatic carbocycles. The number of ether oxygens (including phenoxy) is 1. The van der Waals surface area contributed by atoms with E-state index < -0.39 is 44.4 Å². The van der Waals surface area contributed by atoms with E-state index >= 15 is 0 Å². The van der Waals surface area contributed by atoms with Gasteiger partial charge in [0.15, 0.2) is 10.6 Å². The summed E-state index contributed by atoms with van der Waals surface area (Å²) in [5.41, 5.74) is -0.641. The van der Waals surface area contributed by atoms with Crippen LogP contribution in [0.15, 0.2) is 45.8 Å². The Morgan fingerprint density at radius 1 is 1.04 bits per heavy atom. The molecule has 0 amide bonds. The first-order valence-corrected chi connectivity index (χ1v) is 8.29. The zero-order valence-corrected chi connectivity index (χ0v) is 13.8. The topological polar surface area (TPSA) is 55.4 Å². The van der Waals surface area contributed by atoms with Gasteiger partial charge in [-0.15, -0.1) is 13.2 Å². The predicted octanol–water partition coefficient (Wildman–Crippen LogP) is 4.43. The molecule has 0 saturated carbocycles. The minimum Gasteiger partial charge on any atom is -0.403 e. The van der Waals surface area contributed by atoms with Gasteiger partial charge >= 0.3 is 6.36 Å². The van der Waals surface area contributed by atoms with Crippen LogP contribution in [0.3, 0.4) is 0 Å². The zero-order valence-electron chi connectivity index (χ0n) is 11.4. The highest BCUT2D eigenvalue weighted by Gasteiger charge is 2.33. The third-order valence-electron chi connectivity index (χ3n) is 2.60. The lowest BCUT2D eigenvalue weighted by Gasteiger charge is -2.15. The maximum absolute atomic E-state index is 13.6. The lowest BCUT2D eigenvalue weighted by molar-refractivity contribution is -0.274. The third-order valence-corrected chi connectivity index (χ3v) is 4.51. The van der Waals surface area contributed by atoms with Crippen LogP contribution in [0, 0.1) is 11.6 Å². The number of alkyl halides is 3. The van der Waals surface area contributed by atoms with E-state index in [0.29, 0.717) is 12.1 Å². The van der Waals surface area contributed by atoms with E-state index in [1.165, 1.54) is 6.07 Å². The second-order valence-corrected chi connectivity index (χ2v) is 6.88. The van der Waals surface area contributed by atoms with Gasteiger partial charge in [0.05, 0.1) is 5.69 Å². The molecule has 0 aromatic heterocycles. The van der Waals surface area contributed by atoms with Gasteiger partial charge in [-0.3, -0.25) is 4.72 Å². The highest BCUT2D eigenvalue weighted by atomic mass is 79.9. The molecule has 0 atom stereocenters. The quantitative estimate of drug-likeness (QED) is 0.728. The van der Waals surface area contributed by atoms with E-state index in [2.05, 4.69) is 20.7 Å². The summed E-state index contributed by atoms with van der Waals surface area (Å²) < 4.78 is 94.2. The molecule has 2 aromatic carbocycles. The smallest absolute Gasteiger partial charge is 0.403 e. The maximum atomic E-state index is 13.6. The third kappa shape index (κ3) is 4.35. The Bertz CT molecular complexity index is 850. The SMILES string of the molecule is O=S(=O)(Nc1ccc(Br)cc1OC(F)(F)F)c1c(F)cccc1F. The van der Waals surface area contributed by atoms with Crippen molar-refractivity contribution in [3.05, 3.63) is 52.5 Å². The molecule has 0 aliphatic rings. The molecule has 1 N–H and O–H groups in total. The van der Waals surface area contributed by atoms with Gasteiger partial charge in [0.25, 0.3) is 10.0 Å². The number of hydrogen-bond donors (Lipinski definition) is 1. The highest BCUT2D eigenvalue weighted by molar-refractivity contribution is 9.10. The Labute approximate surface area is 141 Å². The predicted molar refractivity (Wildman–Crippen MR) is 78.0 cm³/mol. The Hall–Kier alpha value is -1.88. The molecule has 0 bridgehead atoms. The summed E-state index contributed by atoms with van der Waals surface area (Å²) in [7, 11) is -4.83. The van der Waals surface area contributed by atoms with Crippen LogP contribution >= 0.6 is 15.9 Å². The van der Waals surface area contributed by atoms with Gasteiger partial charge in [-0.05, 0) is 30.3 Å². The summed E-state index contributed by atoms with van der Waals surface area (Å²) in [6, 6.07) is 5.36. The van der Waals surface area contributed by atoms with Crippen molar-refractivity contribution in [3.8, 4) is 5.75 Å². The summed E-state index contributed by atoms with van der Waals surface area (Å²) >= 11 is 2.91. The number of rotatable bonds is 4. The van der Waals surface area contributed by atoms with Crippen molar-refractivity contribution >= 4 is 31.6 Å². The normalized spacial score (nSPS) is 12.1. The number of hydrogen-bond acceptors (Lipinski definition) is 3. The summed E-state index contributed by atoms with van der Waals surface area (Å²) in [6.07, 6.45) is -5.09. The molecule has 2 rings (SSSR count). The van der Waals surface area contributed by atoms with Gasteiger partial charge in [-0.1, -0.05) is 22.0 Å². The van der Waals surface area contributed by atoms with Gasteiger partial charge in [0.1, 0.15) is 11.6 Å². The molecule has 0 spiro atoms. The van der Waals surface area contributed by atoms with Crippen LogP contribution in [0.25, 0.3) is 0 Å². The zero-order chi connectivity index (χ0) is 18.1. The van der Waals surface area contributed by atoms with Crippen molar-refractivity contribution in [3.63, 3.8) is 0 Å². The van der Waals surface area contributed by atoms with Crippen LogP contribution in [0.4, 0.5) is 27.6 Å². The minimum absolute atomic E-state index is 0.168. The first-order valence-electron chi connectivity index (χ1n) is 6.02. The minimum atomic E-state index is -5.09. The summed E-state index contributed by atoms with van der Waals surface area (Å²) in [4.78, 5) is -1.31.